The van der Waals surface area contributed by atoms with E-state index in [4.69, 9.17) is 0 Å². The molecule has 0 N–H and O–H groups in total. The maximum absolute atomic E-state index is 4.62. The van der Waals surface area contributed by atoms with E-state index in [1.54, 1.807) is 0 Å². The van der Waals surface area contributed by atoms with Crippen molar-refractivity contribution in [2.45, 2.75) is 187 Å². The van der Waals surface area contributed by atoms with Gasteiger partial charge in [-0.3, -0.25) is 0 Å². The molecule has 0 aliphatic rings. The van der Waals surface area contributed by atoms with Crippen molar-refractivity contribution in [3.05, 3.63) is 91.0 Å². The van der Waals surface area contributed by atoms with Gasteiger partial charge in [0.15, 0.2) is 0 Å². The second kappa shape index (κ2) is 27.2. The molecule has 0 fully saturated rings. The van der Waals surface area contributed by atoms with E-state index in [9.17, 15) is 0 Å². The number of unbranched alkanes of at least 4 members (excludes halogenated alkanes) is 27. The van der Waals surface area contributed by atoms with Crippen molar-refractivity contribution in [1.29, 1.82) is 0 Å². The van der Waals surface area contributed by atoms with Crippen LogP contribution in [-0.4, -0.2) is 6.16 Å². The maximum atomic E-state index is 4.62. The summed E-state index contributed by atoms with van der Waals surface area (Å²) in [5, 5.41) is 1.59. The van der Waals surface area contributed by atoms with Crippen LogP contribution in [0.15, 0.2) is 91.0 Å². The summed E-state index contributed by atoms with van der Waals surface area (Å²) in [7, 11) is 0. The van der Waals surface area contributed by atoms with E-state index in [2.05, 4.69) is 113 Å². The van der Waals surface area contributed by atoms with Crippen LogP contribution >= 0.6 is 20.8 Å². The standard InChI is InChI=1S/C48H76BrP/c1-2-3-4-5-6-7-8-9-10-11-12-13-14-15-16-17-18-19-20-21-22-23-24-25-26-27-28-38-45-50(49,46-39-32-29-33-40-46,47-41-34-30-35-42-47)48-43-36-31-37-44-48/h29-37,39-44H,2-28,38,45H2,1H3. The van der Waals surface area contributed by atoms with Gasteiger partial charge >= 0.3 is 204 Å². The van der Waals surface area contributed by atoms with Crippen molar-refractivity contribution in [2.75, 3.05) is 6.16 Å². The molecular weight excluding hydrogens is 687 g/mol. The van der Waals surface area contributed by atoms with Gasteiger partial charge in [-0.05, 0) is 0 Å². The first-order chi connectivity index (χ1) is 24.7. The van der Waals surface area contributed by atoms with Gasteiger partial charge in [0.05, 0.1) is 0 Å². The van der Waals surface area contributed by atoms with Crippen LogP contribution in [0.4, 0.5) is 0 Å². The van der Waals surface area contributed by atoms with Crippen LogP contribution in [0.5, 0.6) is 0 Å². The van der Waals surface area contributed by atoms with E-state index in [1.165, 1.54) is 202 Å². The normalized spacial score (nSPS) is 12.6. The molecule has 50 heavy (non-hydrogen) atoms. The van der Waals surface area contributed by atoms with Crippen LogP contribution in [0.3, 0.4) is 0 Å². The molecule has 0 spiro atoms. The molecule has 3 rings (SSSR count). The first-order valence-corrected chi connectivity index (χ1v) is 26.0. The van der Waals surface area contributed by atoms with Gasteiger partial charge < -0.3 is 0 Å². The summed E-state index contributed by atoms with van der Waals surface area (Å²) in [5.74, 6) is 0. The summed E-state index contributed by atoms with van der Waals surface area (Å²) in [4.78, 5) is 0. The Morgan fingerprint density at radius 1 is 0.300 bits per heavy atom. The average molecular weight is 764 g/mol. The second-order valence-corrected chi connectivity index (χ2v) is 24.5. The molecule has 0 aliphatic heterocycles. The molecule has 280 valence electrons. The molecule has 3 aromatic carbocycles. The minimum atomic E-state index is -2.75. The van der Waals surface area contributed by atoms with Crippen molar-refractivity contribution >= 4 is 36.7 Å². The molecule has 0 atom stereocenters. The van der Waals surface area contributed by atoms with Gasteiger partial charge in [-0.25, -0.2) is 0 Å². The Hall–Kier alpha value is -1.43. The molecule has 0 unspecified atom stereocenters. The zero-order valence-electron chi connectivity index (χ0n) is 32.5. The van der Waals surface area contributed by atoms with Crippen molar-refractivity contribution < 1.29 is 0 Å². The third-order valence-electron chi connectivity index (χ3n) is 11.3. The van der Waals surface area contributed by atoms with E-state index in [-0.39, 0.29) is 0 Å². The van der Waals surface area contributed by atoms with Crippen molar-refractivity contribution in [3.63, 3.8) is 0 Å². The third-order valence-corrected chi connectivity index (χ3v) is 21.3. The Morgan fingerprint density at radius 3 is 0.720 bits per heavy atom. The quantitative estimate of drug-likeness (QED) is 0.0439. The Morgan fingerprint density at radius 2 is 0.500 bits per heavy atom. The van der Waals surface area contributed by atoms with Crippen LogP contribution in [0.2, 0.25) is 0 Å². The molecule has 0 amide bonds. The predicted molar refractivity (Wildman–Crippen MR) is 234 cm³/mol. The van der Waals surface area contributed by atoms with Gasteiger partial charge in [0.1, 0.15) is 0 Å². The molecule has 0 bridgehead atoms. The molecule has 0 heterocycles. The molecule has 0 nitrogen and oxygen atoms in total. The van der Waals surface area contributed by atoms with Crippen LogP contribution in [0.25, 0.3) is 0 Å². The van der Waals surface area contributed by atoms with Crippen molar-refractivity contribution in [1.82, 2.24) is 0 Å². The van der Waals surface area contributed by atoms with E-state index in [0.29, 0.717) is 0 Å². The van der Waals surface area contributed by atoms with E-state index in [1.807, 2.05) is 0 Å². The SMILES string of the molecule is CCCCCCCCCCCCCCCCCCCCCCCCCCCCCCP(Br)(c1ccccc1)(c1ccccc1)c1ccccc1. The number of hydrogen-bond acceptors (Lipinski definition) is 0. The fourth-order valence-electron chi connectivity index (χ4n) is 8.13. The van der Waals surface area contributed by atoms with Crippen molar-refractivity contribution in [3.8, 4) is 0 Å². The predicted octanol–water partition coefficient (Wildman–Crippen LogP) is 15.8. The topological polar surface area (TPSA) is 0 Å². The third kappa shape index (κ3) is 15.7. The molecule has 0 saturated heterocycles. The summed E-state index contributed by atoms with van der Waals surface area (Å²) >= 11 is 4.62. The summed E-state index contributed by atoms with van der Waals surface area (Å²) in [6.07, 6.45) is 41.5. The van der Waals surface area contributed by atoms with Crippen LogP contribution in [0, 0.1) is 0 Å². The summed E-state index contributed by atoms with van der Waals surface area (Å²) in [5.41, 5.74) is 0. The fourth-order valence-corrected chi connectivity index (χ4v) is 15.9. The Kier molecular flexibility index (Phi) is 23.4. The molecule has 0 aromatic heterocycles. The van der Waals surface area contributed by atoms with Gasteiger partial charge in [-0.1, -0.05) is 116 Å². The van der Waals surface area contributed by atoms with E-state index < -0.39 is 5.31 Å². The molecule has 3 aromatic rings. The molecule has 0 aliphatic carbocycles. The zero-order valence-corrected chi connectivity index (χ0v) is 35.0. The van der Waals surface area contributed by atoms with Gasteiger partial charge in [0.2, 0.25) is 0 Å². The summed E-state index contributed by atoms with van der Waals surface area (Å²) in [6.45, 7) is 2.31. The Balaban J connectivity index is 1.16. The number of rotatable bonds is 32. The van der Waals surface area contributed by atoms with Gasteiger partial charge in [-0.15, -0.1) is 0 Å². The number of halogens is 1. The van der Waals surface area contributed by atoms with Crippen LogP contribution in [-0.2, 0) is 0 Å². The summed E-state index contributed by atoms with van der Waals surface area (Å²) in [6, 6.07) is 33.9. The molecule has 0 saturated carbocycles. The molecule has 0 radical (unpaired) electrons. The average Bonchev–Trinajstić information content (AvgIpc) is 3.17. The number of benzene rings is 3. The van der Waals surface area contributed by atoms with E-state index in [0.717, 1.165) is 0 Å². The molecule has 2 heteroatoms. The fraction of sp³-hybridized carbons (Fsp3) is 0.625. The Bertz CT molecular complexity index is 1080. The molecular formula is C48H76BrP. The van der Waals surface area contributed by atoms with E-state index >= 15 is 0 Å². The van der Waals surface area contributed by atoms with Crippen LogP contribution < -0.4 is 15.9 Å². The first-order valence-electron chi connectivity index (χ1n) is 21.6. The summed E-state index contributed by atoms with van der Waals surface area (Å²) < 4.78 is 0. The Labute approximate surface area is 319 Å². The van der Waals surface area contributed by atoms with Crippen molar-refractivity contribution in [2.24, 2.45) is 0 Å². The van der Waals surface area contributed by atoms with Gasteiger partial charge in [0, 0.05) is 0 Å². The van der Waals surface area contributed by atoms with Gasteiger partial charge in [0.25, 0.3) is 0 Å². The first kappa shape index (κ1) is 43.0. The second-order valence-electron chi connectivity index (χ2n) is 15.5. The monoisotopic (exact) mass is 762 g/mol. The van der Waals surface area contributed by atoms with Crippen LogP contribution in [0.1, 0.15) is 187 Å². The number of hydrogen-bond donors (Lipinski definition) is 0. The zero-order chi connectivity index (χ0) is 35.3. The minimum absolute atomic E-state index is 1.17. The van der Waals surface area contributed by atoms with Gasteiger partial charge in [-0.2, -0.15) is 0 Å².